The van der Waals surface area contributed by atoms with Gasteiger partial charge in [0.05, 0.1) is 11.8 Å². The van der Waals surface area contributed by atoms with Crippen LogP contribution >= 0.6 is 0 Å². The number of halogens is 1. The SMILES string of the molecule is CC(C#N)S(=O)(=O)Nc1cc(N)cc(F)c1. The lowest BCUT2D eigenvalue weighted by Gasteiger charge is -2.09. The van der Waals surface area contributed by atoms with E-state index in [0.29, 0.717) is 0 Å². The third-order valence-corrected chi connectivity index (χ3v) is 3.38. The molecule has 7 heteroatoms. The van der Waals surface area contributed by atoms with Crippen LogP contribution in [0.2, 0.25) is 0 Å². The molecule has 0 saturated carbocycles. The van der Waals surface area contributed by atoms with Gasteiger partial charge in [-0.1, -0.05) is 0 Å². The quantitative estimate of drug-likeness (QED) is 0.776. The van der Waals surface area contributed by atoms with Crippen LogP contribution in [0, 0.1) is 17.1 Å². The van der Waals surface area contributed by atoms with Crippen LogP contribution in [0.15, 0.2) is 18.2 Å². The fraction of sp³-hybridized carbons (Fsp3) is 0.222. The van der Waals surface area contributed by atoms with Crippen molar-refractivity contribution >= 4 is 21.4 Å². The van der Waals surface area contributed by atoms with Crippen molar-refractivity contribution in [1.29, 1.82) is 5.26 Å². The molecule has 86 valence electrons. The van der Waals surface area contributed by atoms with Gasteiger partial charge in [0.2, 0.25) is 10.0 Å². The van der Waals surface area contributed by atoms with E-state index in [9.17, 15) is 12.8 Å². The van der Waals surface area contributed by atoms with Gasteiger partial charge in [-0.05, 0) is 25.1 Å². The maximum absolute atomic E-state index is 12.9. The van der Waals surface area contributed by atoms with E-state index in [1.807, 2.05) is 0 Å². The summed E-state index contributed by atoms with van der Waals surface area (Å²) >= 11 is 0. The molecule has 0 heterocycles. The van der Waals surface area contributed by atoms with Crippen LogP contribution in [-0.4, -0.2) is 13.7 Å². The van der Waals surface area contributed by atoms with E-state index in [2.05, 4.69) is 4.72 Å². The molecule has 3 N–H and O–H groups in total. The van der Waals surface area contributed by atoms with Gasteiger partial charge in [0.25, 0.3) is 0 Å². The summed E-state index contributed by atoms with van der Waals surface area (Å²) in [6.07, 6.45) is 0. The Kier molecular flexibility index (Phi) is 3.34. The predicted molar refractivity (Wildman–Crippen MR) is 58.4 cm³/mol. The highest BCUT2D eigenvalue weighted by molar-refractivity contribution is 7.93. The van der Waals surface area contributed by atoms with E-state index in [1.165, 1.54) is 13.0 Å². The van der Waals surface area contributed by atoms with Crippen LogP contribution in [0.4, 0.5) is 15.8 Å². The molecule has 1 atom stereocenters. The van der Waals surface area contributed by atoms with E-state index in [1.54, 1.807) is 6.07 Å². The number of benzene rings is 1. The maximum atomic E-state index is 12.9. The summed E-state index contributed by atoms with van der Waals surface area (Å²) in [5, 5.41) is 7.26. The molecule has 0 bridgehead atoms. The molecule has 1 rings (SSSR count). The summed E-state index contributed by atoms with van der Waals surface area (Å²) in [6, 6.07) is 4.89. The number of nitrogens with one attached hydrogen (secondary N) is 1. The van der Waals surface area contributed by atoms with Gasteiger partial charge in [0.1, 0.15) is 5.82 Å². The zero-order valence-corrected chi connectivity index (χ0v) is 9.25. The van der Waals surface area contributed by atoms with E-state index in [-0.39, 0.29) is 11.4 Å². The molecule has 0 aliphatic heterocycles. The van der Waals surface area contributed by atoms with Crippen molar-refractivity contribution in [2.45, 2.75) is 12.2 Å². The number of sulfonamides is 1. The third kappa shape index (κ3) is 2.84. The Morgan fingerprint density at radius 2 is 2.12 bits per heavy atom. The average Bonchev–Trinajstić information content (AvgIpc) is 2.13. The minimum Gasteiger partial charge on any atom is -0.399 e. The number of nitrogens with zero attached hydrogens (tertiary/aromatic N) is 1. The van der Waals surface area contributed by atoms with Crippen molar-refractivity contribution in [3.63, 3.8) is 0 Å². The van der Waals surface area contributed by atoms with Crippen LogP contribution in [-0.2, 0) is 10.0 Å². The Balaban J connectivity index is 3.02. The van der Waals surface area contributed by atoms with Crippen LogP contribution in [0.1, 0.15) is 6.92 Å². The summed E-state index contributed by atoms with van der Waals surface area (Å²) in [7, 11) is -3.83. The molecule has 0 amide bonds. The zero-order chi connectivity index (χ0) is 12.3. The molecular formula is C9H10FN3O2S. The van der Waals surface area contributed by atoms with Gasteiger partial charge in [-0.2, -0.15) is 5.26 Å². The van der Waals surface area contributed by atoms with Crippen molar-refractivity contribution in [1.82, 2.24) is 0 Å². The molecule has 0 aromatic heterocycles. The van der Waals surface area contributed by atoms with Crippen molar-refractivity contribution < 1.29 is 12.8 Å². The zero-order valence-electron chi connectivity index (χ0n) is 8.44. The first kappa shape index (κ1) is 12.3. The Morgan fingerprint density at radius 1 is 1.50 bits per heavy atom. The molecule has 5 nitrogen and oxygen atoms in total. The van der Waals surface area contributed by atoms with Crippen molar-refractivity contribution in [2.75, 3.05) is 10.5 Å². The van der Waals surface area contributed by atoms with Crippen LogP contribution in [0.25, 0.3) is 0 Å². The molecule has 0 spiro atoms. The standard InChI is InChI=1S/C9H10FN3O2S/c1-6(5-11)16(14,15)13-9-3-7(10)2-8(12)4-9/h2-4,6,13H,12H2,1H3. The Hall–Kier alpha value is -1.81. The van der Waals surface area contributed by atoms with Crippen molar-refractivity contribution in [2.24, 2.45) is 0 Å². The highest BCUT2D eigenvalue weighted by Crippen LogP contribution is 2.17. The number of nitriles is 1. The molecule has 1 aromatic rings. The largest absolute Gasteiger partial charge is 0.399 e. The van der Waals surface area contributed by atoms with Gasteiger partial charge >= 0.3 is 0 Å². The molecule has 0 saturated heterocycles. The fourth-order valence-corrected chi connectivity index (χ4v) is 1.76. The number of hydrogen-bond donors (Lipinski definition) is 2. The second kappa shape index (κ2) is 4.37. The van der Waals surface area contributed by atoms with Crippen molar-refractivity contribution in [3.8, 4) is 6.07 Å². The Labute approximate surface area is 92.7 Å². The summed E-state index contributed by atoms with van der Waals surface area (Å²) in [5.41, 5.74) is 5.45. The van der Waals surface area contributed by atoms with Gasteiger partial charge in [0.15, 0.2) is 5.25 Å². The molecule has 0 radical (unpaired) electrons. The third-order valence-electron chi connectivity index (χ3n) is 1.83. The van der Waals surface area contributed by atoms with Gasteiger partial charge in [-0.25, -0.2) is 12.8 Å². The predicted octanol–water partition coefficient (Wildman–Crippen LogP) is 1.06. The number of hydrogen-bond acceptors (Lipinski definition) is 4. The lowest BCUT2D eigenvalue weighted by molar-refractivity contribution is 0.597. The van der Waals surface area contributed by atoms with Gasteiger partial charge in [-0.3, -0.25) is 4.72 Å². The molecule has 16 heavy (non-hydrogen) atoms. The fourth-order valence-electron chi connectivity index (χ4n) is 0.993. The first-order valence-electron chi connectivity index (χ1n) is 4.32. The minimum atomic E-state index is -3.83. The van der Waals surface area contributed by atoms with Gasteiger partial charge in [-0.15, -0.1) is 0 Å². The summed E-state index contributed by atoms with van der Waals surface area (Å²) in [4.78, 5) is 0. The maximum Gasteiger partial charge on any atom is 0.248 e. The topological polar surface area (TPSA) is 96.0 Å². The van der Waals surface area contributed by atoms with E-state index >= 15 is 0 Å². The Bertz CT molecular complexity index is 516. The number of anilines is 2. The Morgan fingerprint density at radius 3 is 2.62 bits per heavy atom. The lowest BCUT2D eigenvalue weighted by atomic mass is 10.3. The first-order valence-corrected chi connectivity index (χ1v) is 5.87. The molecule has 0 fully saturated rings. The molecule has 1 unspecified atom stereocenters. The molecule has 0 aliphatic rings. The summed E-state index contributed by atoms with van der Waals surface area (Å²) in [5.74, 6) is -0.651. The highest BCUT2D eigenvalue weighted by atomic mass is 32.2. The van der Waals surface area contributed by atoms with Gasteiger partial charge in [0, 0.05) is 5.69 Å². The van der Waals surface area contributed by atoms with E-state index in [4.69, 9.17) is 11.0 Å². The molecular weight excluding hydrogens is 233 g/mol. The smallest absolute Gasteiger partial charge is 0.248 e. The van der Waals surface area contributed by atoms with Gasteiger partial charge < -0.3 is 5.73 Å². The van der Waals surface area contributed by atoms with E-state index < -0.39 is 21.1 Å². The highest BCUT2D eigenvalue weighted by Gasteiger charge is 2.20. The van der Waals surface area contributed by atoms with Crippen LogP contribution < -0.4 is 10.5 Å². The van der Waals surface area contributed by atoms with E-state index in [0.717, 1.165) is 12.1 Å². The monoisotopic (exact) mass is 243 g/mol. The average molecular weight is 243 g/mol. The molecule has 1 aromatic carbocycles. The summed E-state index contributed by atoms with van der Waals surface area (Å²) < 4.78 is 37.9. The normalized spacial score (nSPS) is 12.8. The van der Waals surface area contributed by atoms with Crippen LogP contribution in [0.3, 0.4) is 0 Å². The number of nitrogens with two attached hydrogens (primary N) is 1. The lowest BCUT2D eigenvalue weighted by Crippen LogP contribution is -2.23. The number of rotatable bonds is 3. The molecule has 0 aliphatic carbocycles. The first-order chi connectivity index (χ1) is 7.35. The summed E-state index contributed by atoms with van der Waals surface area (Å²) in [6.45, 7) is 1.23. The van der Waals surface area contributed by atoms with Crippen LogP contribution in [0.5, 0.6) is 0 Å². The number of nitrogen functional groups attached to an aromatic ring is 1. The minimum absolute atomic E-state index is 0.000370. The second-order valence-electron chi connectivity index (χ2n) is 3.19. The second-order valence-corrected chi connectivity index (χ2v) is 5.19. The van der Waals surface area contributed by atoms with Crippen molar-refractivity contribution in [3.05, 3.63) is 24.0 Å².